The zero-order valence-electron chi connectivity index (χ0n) is 15.5. The second-order valence-electron chi connectivity index (χ2n) is 5.97. The van der Waals surface area contributed by atoms with Gasteiger partial charge in [0.2, 0.25) is 0 Å². The molecule has 0 spiro atoms. The Labute approximate surface area is 145 Å². The van der Waals surface area contributed by atoms with Crippen LogP contribution in [0.15, 0.2) is 10.4 Å². The highest BCUT2D eigenvalue weighted by Gasteiger charge is 2.10. The Bertz CT molecular complexity index is 465. The van der Waals surface area contributed by atoms with Crippen LogP contribution >= 0.6 is 11.3 Å². The van der Waals surface area contributed by atoms with E-state index in [2.05, 4.69) is 72.4 Å². The first-order valence-corrected chi connectivity index (χ1v) is 9.60. The smallest absolute Gasteiger partial charge is 0.191 e. The molecule has 1 rings (SSSR count). The van der Waals surface area contributed by atoms with E-state index < -0.39 is 0 Å². The summed E-state index contributed by atoms with van der Waals surface area (Å²) < 4.78 is 0. The minimum Gasteiger partial charge on any atom is -0.357 e. The van der Waals surface area contributed by atoms with Crippen LogP contribution in [0.5, 0.6) is 0 Å². The van der Waals surface area contributed by atoms with E-state index in [0.29, 0.717) is 18.5 Å². The summed E-state index contributed by atoms with van der Waals surface area (Å²) in [5, 5.41) is 9.96. The molecule has 1 unspecified atom stereocenters. The molecular formula is C17H33N5S. The second-order valence-corrected chi connectivity index (χ2v) is 6.91. The van der Waals surface area contributed by atoms with Gasteiger partial charge in [0.1, 0.15) is 5.01 Å². The fraction of sp³-hybridized carbons (Fsp3) is 0.765. The molecule has 1 aromatic rings. The average Bonchev–Trinajstić information content (AvgIpc) is 3.00. The maximum absolute atomic E-state index is 4.66. The lowest BCUT2D eigenvalue weighted by Gasteiger charge is -2.27. The third-order valence-corrected chi connectivity index (χ3v) is 4.73. The van der Waals surface area contributed by atoms with E-state index in [-0.39, 0.29) is 0 Å². The Morgan fingerprint density at radius 2 is 1.91 bits per heavy atom. The minimum atomic E-state index is 0.477. The molecule has 132 valence electrons. The van der Waals surface area contributed by atoms with Crippen LogP contribution in [0.4, 0.5) is 0 Å². The standard InChI is InChI=1S/C17H33N5S/c1-7-18-17(19-10-14(6)22(8-2)9-3)20-11-16-21-15(12-23-16)13(4)5/h12-14H,7-11H2,1-6H3,(H2,18,19,20). The van der Waals surface area contributed by atoms with E-state index in [0.717, 1.165) is 42.8 Å². The van der Waals surface area contributed by atoms with Crippen LogP contribution in [-0.2, 0) is 6.54 Å². The number of hydrogen-bond acceptors (Lipinski definition) is 4. The predicted octanol–water partition coefficient (Wildman–Crippen LogP) is 3.05. The molecule has 0 aromatic carbocycles. The number of hydrogen-bond donors (Lipinski definition) is 2. The Hall–Kier alpha value is -1.14. The van der Waals surface area contributed by atoms with Crippen molar-refractivity contribution in [1.82, 2.24) is 20.5 Å². The van der Waals surface area contributed by atoms with Crippen molar-refractivity contribution in [3.63, 3.8) is 0 Å². The molecule has 5 nitrogen and oxygen atoms in total. The van der Waals surface area contributed by atoms with Gasteiger partial charge in [-0.2, -0.15) is 0 Å². The Kier molecular flexibility index (Phi) is 9.17. The summed E-state index contributed by atoms with van der Waals surface area (Å²) in [5.41, 5.74) is 1.16. The number of nitrogens with one attached hydrogen (secondary N) is 2. The topological polar surface area (TPSA) is 52.6 Å². The minimum absolute atomic E-state index is 0.477. The summed E-state index contributed by atoms with van der Waals surface area (Å²) in [7, 11) is 0. The SMILES string of the molecule is CCNC(=NCc1nc(C(C)C)cs1)NCC(C)N(CC)CC. The third kappa shape index (κ3) is 6.87. The van der Waals surface area contributed by atoms with E-state index in [1.165, 1.54) is 0 Å². The monoisotopic (exact) mass is 339 g/mol. The molecule has 1 aromatic heterocycles. The quantitative estimate of drug-likeness (QED) is 0.536. The first-order chi connectivity index (χ1) is 11.0. The van der Waals surface area contributed by atoms with Gasteiger partial charge >= 0.3 is 0 Å². The first kappa shape index (κ1) is 19.9. The fourth-order valence-electron chi connectivity index (χ4n) is 2.37. The van der Waals surface area contributed by atoms with Crippen molar-refractivity contribution in [1.29, 1.82) is 0 Å². The van der Waals surface area contributed by atoms with Gasteiger partial charge in [-0.05, 0) is 32.9 Å². The van der Waals surface area contributed by atoms with Crippen LogP contribution in [0.1, 0.15) is 58.2 Å². The fourth-order valence-corrected chi connectivity index (χ4v) is 3.25. The molecule has 0 bridgehead atoms. The van der Waals surface area contributed by atoms with E-state index in [4.69, 9.17) is 0 Å². The molecule has 0 fully saturated rings. The zero-order valence-corrected chi connectivity index (χ0v) is 16.3. The molecule has 1 atom stereocenters. The van der Waals surface area contributed by atoms with Gasteiger partial charge in [0.25, 0.3) is 0 Å². The van der Waals surface area contributed by atoms with Crippen molar-refractivity contribution in [3.05, 3.63) is 16.1 Å². The highest BCUT2D eigenvalue weighted by atomic mass is 32.1. The summed E-state index contributed by atoms with van der Waals surface area (Å²) in [6.45, 7) is 17.6. The number of rotatable bonds is 9. The maximum Gasteiger partial charge on any atom is 0.191 e. The maximum atomic E-state index is 4.66. The number of thiazole rings is 1. The number of guanidine groups is 1. The van der Waals surface area contributed by atoms with Crippen LogP contribution < -0.4 is 10.6 Å². The Balaban J connectivity index is 2.58. The van der Waals surface area contributed by atoms with E-state index in [9.17, 15) is 0 Å². The lowest BCUT2D eigenvalue weighted by atomic mass is 10.2. The summed E-state index contributed by atoms with van der Waals surface area (Å²) >= 11 is 1.69. The molecule has 2 N–H and O–H groups in total. The number of likely N-dealkylation sites (N-methyl/N-ethyl adjacent to an activating group) is 1. The first-order valence-electron chi connectivity index (χ1n) is 8.72. The molecule has 0 aliphatic heterocycles. The van der Waals surface area contributed by atoms with Gasteiger partial charge in [-0.3, -0.25) is 4.90 Å². The summed E-state index contributed by atoms with van der Waals surface area (Å²) in [4.78, 5) is 11.7. The van der Waals surface area contributed by atoms with E-state index >= 15 is 0 Å². The highest BCUT2D eigenvalue weighted by molar-refractivity contribution is 7.09. The van der Waals surface area contributed by atoms with Gasteiger partial charge in [-0.25, -0.2) is 9.98 Å². The molecule has 0 aliphatic carbocycles. The summed E-state index contributed by atoms with van der Waals surface area (Å²) in [6, 6.07) is 0.487. The lowest BCUT2D eigenvalue weighted by Crippen LogP contribution is -2.45. The number of nitrogens with zero attached hydrogens (tertiary/aromatic N) is 3. The highest BCUT2D eigenvalue weighted by Crippen LogP contribution is 2.18. The Morgan fingerprint density at radius 1 is 1.22 bits per heavy atom. The average molecular weight is 340 g/mol. The number of aromatic nitrogens is 1. The van der Waals surface area contributed by atoms with Crippen molar-refractivity contribution in [3.8, 4) is 0 Å². The van der Waals surface area contributed by atoms with Crippen LogP contribution in [0.2, 0.25) is 0 Å². The van der Waals surface area contributed by atoms with Crippen LogP contribution in [0.25, 0.3) is 0 Å². The van der Waals surface area contributed by atoms with Crippen LogP contribution in [-0.4, -0.2) is 48.1 Å². The molecular weight excluding hydrogens is 306 g/mol. The Morgan fingerprint density at radius 3 is 2.43 bits per heavy atom. The summed E-state index contributed by atoms with van der Waals surface area (Å²) in [5.74, 6) is 1.35. The molecule has 23 heavy (non-hydrogen) atoms. The van der Waals surface area contributed by atoms with E-state index in [1.807, 2.05) is 0 Å². The van der Waals surface area contributed by atoms with Gasteiger partial charge in [0.15, 0.2) is 5.96 Å². The normalized spacial score (nSPS) is 13.7. The molecule has 0 radical (unpaired) electrons. The lowest BCUT2D eigenvalue weighted by molar-refractivity contribution is 0.231. The van der Waals surface area contributed by atoms with Crippen LogP contribution in [0, 0.1) is 0 Å². The van der Waals surface area contributed by atoms with Crippen molar-refractivity contribution >= 4 is 17.3 Å². The molecule has 0 aliphatic rings. The largest absolute Gasteiger partial charge is 0.357 e. The van der Waals surface area contributed by atoms with Gasteiger partial charge in [0.05, 0.1) is 12.2 Å². The van der Waals surface area contributed by atoms with Crippen molar-refractivity contribution in [2.45, 2.75) is 60.0 Å². The van der Waals surface area contributed by atoms with Gasteiger partial charge in [0, 0.05) is 24.5 Å². The van der Waals surface area contributed by atoms with Gasteiger partial charge < -0.3 is 10.6 Å². The summed E-state index contributed by atoms with van der Waals surface area (Å²) in [6.07, 6.45) is 0. The molecule has 6 heteroatoms. The van der Waals surface area contributed by atoms with Crippen molar-refractivity contribution < 1.29 is 0 Å². The second kappa shape index (κ2) is 10.6. The van der Waals surface area contributed by atoms with Gasteiger partial charge in [-0.15, -0.1) is 11.3 Å². The third-order valence-electron chi connectivity index (χ3n) is 3.88. The van der Waals surface area contributed by atoms with Crippen molar-refractivity contribution in [2.75, 3.05) is 26.2 Å². The van der Waals surface area contributed by atoms with E-state index in [1.54, 1.807) is 11.3 Å². The number of aliphatic imine (C=N–C) groups is 1. The van der Waals surface area contributed by atoms with Crippen molar-refractivity contribution in [2.24, 2.45) is 4.99 Å². The molecule has 0 saturated heterocycles. The predicted molar refractivity (Wildman–Crippen MR) is 101 cm³/mol. The van der Waals surface area contributed by atoms with Crippen LogP contribution in [0.3, 0.4) is 0 Å². The van der Waals surface area contributed by atoms with Gasteiger partial charge in [-0.1, -0.05) is 27.7 Å². The molecule has 0 saturated carbocycles. The molecule has 1 heterocycles. The zero-order chi connectivity index (χ0) is 17.2. The molecule has 0 amide bonds.